The van der Waals surface area contributed by atoms with E-state index in [0.717, 1.165) is 0 Å². The third-order valence-corrected chi connectivity index (χ3v) is 0.738. The maximum atomic E-state index is 5.52. The molecule has 0 fully saturated rings. The number of hydrogen-bond donors (Lipinski definition) is 1. The molecular weight excluding hydrogens is 205 g/mol. The van der Waals surface area contributed by atoms with E-state index in [2.05, 4.69) is 0 Å². The van der Waals surface area contributed by atoms with E-state index in [-0.39, 0.29) is 5.54 Å². The second-order valence-corrected chi connectivity index (χ2v) is 2.86. The minimum absolute atomic E-state index is 0.179. The fourth-order valence-electron chi connectivity index (χ4n) is 0.141. The van der Waals surface area contributed by atoms with Gasteiger partial charge in [0.2, 0.25) is 0 Å². The summed E-state index contributed by atoms with van der Waals surface area (Å²) in [5, 5.41) is 0. The topological polar surface area (TPSA) is 35.2 Å². The van der Waals surface area contributed by atoms with E-state index < -0.39 is 0 Å². The Morgan fingerprint density at radius 1 is 1.71 bits per heavy atom. The lowest BCUT2D eigenvalue weighted by Gasteiger charge is -2.14. The lowest BCUT2D eigenvalue weighted by Crippen LogP contribution is -2.36. The minimum Gasteiger partial charge on any atom is -0.324 e. The highest BCUT2D eigenvalue weighted by atomic mass is 127. The van der Waals surface area contributed by atoms with Crippen LogP contribution in [0.25, 0.3) is 0 Å². The Morgan fingerprint density at radius 3 is 2.14 bits per heavy atom. The molecule has 0 radical (unpaired) electrons. The Kier molecular flexibility index (Phi) is 3.10. The van der Waals surface area contributed by atoms with E-state index in [9.17, 15) is 0 Å². The second kappa shape index (κ2) is 2.84. The molecule has 3 heteroatoms. The highest BCUT2D eigenvalue weighted by Crippen LogP contribution is 1.99. The molecule has 0 bridgehead atoms. The van der Waals surface area contributed by atoms with E-state index in [0.29, 0.717) is 6.61 Å². The first-order valence-electron chi connectivity index (χ1n) is 2.09. The Labute approximate surface area is 58.1 Å². The molecule has 0 aromatic rings. The van der Waals surface area contributed by atoms with Gasteiger partial charge in [-0.15, -0.1) is 0 Å². The van der Waals surface area contributed by atoms with Crippen molar-refractivity contribution in [3.05, 3.63) is 0 Å². The molecule has 0 aliphatic carbocycles. The van der Waals surface area contributed by atoms with Gasteiger partial charge in [0.15, 0.2) is 0 Å². The van der Waals surface area contributed by atoms with E-state index in [4.69, 9.17) is 8.80 Å². The number of halogens is 1. The van der Waals surface area contributed by atoms with Crippen LogP contribution in [0.2, 0.25) is 0 Å². The molecule has 0 saturated heterocycles. The van der Waals surface area contributed by atoms with E-state index in [1.807, 2.05) is 36.9 Å². The quantitative estimate of drug-likeness (QED) is 0.699. The van der Waals surface area contributed by atoms with Crippen molar-refractivity contribution < 1.29 is 3.07 Å². The van der Waals surface area contributed by atoms with E-state index >= 15 is 0 Å². The maximum Gasteiger partial charge on any atom is 0.109 e. The second-order valence-electron chi connectivity index (χ2n) is 2.24. The molecule has 0 unspecified atom stereocenters. The molecule has 0 aromatic heterocycles. The smallest absolute Gasteiger partial charge is 0.109 e. The molecule has 2 N–H and O–H groups in total. The average Bonchev–Trinajstić information content (AvgIpc) is 1.30. The van der Waals surface area contributed by atoms with Crippen LogP contribution in [-0.2, 0) is 3.07 Å². The highest BCUT2D eigenvalue weighted by molar-refractivity contribution is 14.1. The highest BCUT2D eigenvalue weighted by Gasteiger charge is 2.08. The molecule has 2 nitrogen and oxygen atoms in total. The molecule has 44 valence electrons. The molecule has 0 amide bonds. The molecule has 0 aliphatic rings. The monoisotopic (exact) mass is 215 g/mol. The molecule has 0 heterocycles. The summed E-state index contributed by atoms with van der Waals surface area (Å²) in [5.74, 6) is 0. The molecule has 0 aromatic carbocycles. The van der Waals surface area contributed by atoms with Crippen LogP contribution in [0.1, 0.15) is 13.8 Å². The van der Waals surface area contributed by atoms with Gasteiger partial charge in [0.25, 0.3) is 0 Å². The summed E-state index contributed by atoms with van der Waals surface area (Å²) in [6.07, 6.45) is 0. The van der Waals surface area contributed by atoms with Crippen LogP contribution < -0.4 is 5.73 Å². The Hall–Kier alpha value is 0.650. The number of hydrogen-bond acceptors (Lipinski definition) is 2. The normalized spacial score (nSPS) is 12.0. The van der Waals surface area contributed by atoms with Crippen molar-refractivity contribution in [2.45, 2.75) is 19.4 Å². The average molecular weight is 215 g/mol. The van der Waals surface area contributed by atoms with Crippen LogP contribution in [0.5, 0.6) is 0 Å². The Morgan fingerprint density at radius 2 is 2.14 bits per heavy atom. The lowest BCUT2D eigenvalue weighted by atomic mass is 10.1. The van der Waals surface area contributed by atoms with Gasteiger partial charge in [-0.3, -0.25) is 0 Å². The van der Waals surface area contributed by atoms with Crippen molar-refractivity contribution >= 4 is 23.0 Å². The summed E-state index contributed by atoms with van der Waals surface area (Å²) in [6, 6.07) is 0. The molecule has 0 aliphatic heterocycles. The minimum atomic E-state index is -0.179. The lowest BCUT2D eigenvalue weighted by molar-refractivity contribution is 0.314. The van der Waals surface area contributed by atoms with Crippen molar-refractivity contribution in [2.75, 3.05) is 6.61 Å². The van der Waals surface area contributed by atoms with E-state index in [1.54, 1.807) is 0 Å². The maximum absolute atomic E-state index is 5.52. The molecule has 7 heavy (non-hydrogen) atoms. The number of nitrogens with two attached hydrogens (primary N) is 1. The van der Waals surface area contributed by atoms with Gasteiger partial charge >= 0.3 is 0 Å². The first-order chi connectivity index (χ1) is 3.06. The summed E-state index contributed by atoms with van der Waals surface area (Å²) in [7, 11) is 0. The fourth-order valence-corrected chi connectivity index (χ4v) is 0.943. The zero-order chi connectivity index (χ0) is 5.91. The van der Waals surface area contributed by atoms with Crippen LogP contribution in [0.3, 0.4) is 0 Å². The Bertz CT molecular complexity index is 50.1. The molecule has 0 saturated carbocycles. The van der Waals surface area contributed by atoms with Gasteiger partial charge in [0.1, 0.15) is 23.0 Å². The van der Waals surface area contributed by atoms with Crippen molar-refractivity contribution in [1.29, 1.82) is 0 Å². The third-order valence-electron chi connectivity index (χ3n) is 0.427. The third kappa shape index (κ3) is 6.65. The predicted molar refractivity (Wildman–Crippen MR) is 38.2 cm³/mol. The van der Waals surface area contributed by atoms with Gasteiger partial charge in [0.05, 0.1) is 6.61 Å². The number of rotatable bonds is 2. The first-order valence-corrected chi connectivity index (χ1v) is 2.97. The molecule has 0 atom stereocenters. The predicted octanol–water partition coefficient (Wildman–Crippen LogP) is 1.09. The largest absolute Gasteiger partial charge is 0.324 e. The van der Waals surface area contributed by atoms with Gasteiger partial charge in [-0.1, -0.05) is 0 Å². The SMILES string of the molecule is CC(C)(N)COI. The van der Waals surface area contributed by atoms with Crippen LogP contribution >= 0.6 is 23.0 Å². The zero-order valence-corrected chi connectivity index (χ0v) is 6.73. The van der Waals surface area contributed by atoms with E-state index in [1.165, 1.54) is 0 Å². The van der Waals surface area contributed by atoms with Crippen molar-refractivity contribution in [3.63, 3.8) is 0 Å². The van der Waals surface area contributed by atoms with Gasteiger partial charge < -0.3 is 8.80 Å². The summed E-state index contributed by atoms with van der Waals surface area (Å²) in [4.78, 5) is 0. The summed E-state index contributed by atoms with van der Waals surface area (Å²) < 4.78 is 4.75. The van der Waals surface area contributed by atoms with Crippen LogP contribution in [-0.4, -0.2) is 12.1 Å². The summed E-state index contributed by atoms with van der Waals surface area (Å²) >= 11 is 1.83. The summed E-state index contributed by atoms with van der Waals surface area (Å²) in [5.41, 5.74) is 5.34. The van der Waals surface area contributed by atoms with Crippen molar-refractivity contribution in [1.82, 2.24) is 0 Å². The van der Waals surface area contributed by atoms with Gasteiger partial charge in [0, 0.05) is 5.54 Å². The van der Waals surface area contributed by atoms with Gasteiger partial charge in [-0.25, -0.2) is 0 Å². The van der Waals surface area contributed by atoms with Crippen LogP contribution in [0.15, 0.2) is 0 Å². The first kappa shape index (κ1) is 7.65. The van der Waals surface area contributed by atoms with Gasteiger partial charge in [-0.2, -0.15) is 0 Å². The van der Waals surface area contributed by atoms with Crippen LogP contribution in [0.4, 0.5) is 0 Å². The molecule has 0 spiro atoms. The Balaban J connectivity index is 3.15. The van der Waals surface area contributed by atoms with Gasteiger partial charge in [-0.05, 0) is 13.8 Å². The standard InChI is InChI=1S/C4H10INO/c1-4(2,6)3-7-5/h3,6H2,1-2H3. The molecular formula is C4H10INO. The van der Waals surface area contributed by atoms with Crippen LogP contribution in [0, 0.1) is 0 Å². The summed E-state index contributed by atoms with van der Waals surface area (Å²) in [6.45, 7) is 4.45. The van der Waals surface area contributed by atoms with Crippen molar-refractivity contribution in [3.8, 4) is 0 Å². The van der Waals surface area contributed by atoms with Crippen molar-refractivity contribution in [2.24, 2.45) is 5.73 Å². The fraction of sp³-hybridized carbons (Fsp3) is 1.00. The zero-order valence-electron chi connectivity index (χ0n) is 4.57. The molecule has 0 rings (SSSR count).